The largest absolute Gasteiger partial charge is 0.479 e. The molecule has 1 atom stereocenters. The van der Waals surface area contributed by atoms with Crippen LogP contribution in [0.4, 0.5) is 5.69 Å². The first-order valence-corrected chi connectivity index (χ1v) is 5.09. The molecule has 1 aliphatic rings. The van der Waals surface area contributed by atoms with Crippen LogP contribution in [0.25, 0.3) is 0 Å². The summed E-state index contributed by atoms with van der Waals surface area (Å²) in [5.41, 5.74) is 1.74. The van der Waals surface area contributed by atoms with E-state index in [4.69, 9.17) is 10.00 Å². The molecule has 1 heterocycles. The van der Waals surface area contributed by atoms with E-state index in [1.807, 2.05) is 31.2 Å². The molecule has 0 saturated carbocycles. The van der Waals surface area contributed by atoms with Crippen molar-refractivity contribution in [2.45, 2.75) is 20.0 Å². The predicted molar refractivity (Wildman–Crippen MR) is 59.2 cm³/mol. The maximum atomic E-state index is 11.8. The lowest BCUT2D eigenvalue weighted by molar-refractivity contribution is -0.125. The van der Waals surface area contributed by atoms with Gasteiger partial charge in [0.15, 0.2) is 6.10 Å². The van der Waals surface area contributed by atoms with E-state index in [1.165, 1.54) is 4.90 Å². The summed E-state index contributed by atoms with van der Waals surface area (Å²) in [7, 11) is 0. The first-order chi connectivity index (χ1) is 7.63. The summed E-state index contributed by atoms with van der Waals surface area (Å²) < 4.78 is 5.50. The van der Waals surface area contributed by atoms with Crippen LogP contribution in [0, 0.1) is 18.3 Å². The zero-order valence-corrected chi connectivity index (χ0v) is 9.23. The molecule has 0 aliphatic carbocycles. The number of anilines is 1. The summed E-state index contributed by atoms with van der Waals surface area (Å²) in [6.45, 7) is 3.71. The number of benzene rings is 1. The molecule has 2 rings (SSSR count). The maximum Gasteiger partial charge on any atom is 0.268 e. The molecule has 0 fully saturated rings. The Morgan fingerprint density at radius 1 is 1.56 bits per heavy atom. The van der Waals surface area contributed by atoms with Crippen LogP contribution in [-0.2, 0) is 4.79 Å². The molecule has 0 saturated heterocycles. The lowest BCUT2D eigenvalue weighted by Crippen LogP contribution is -2.44. The molecular formula is C12H12N2O2. The second kappa shape index (κ2) is 3.86. The second-order valence-corrected chi connectivity index (χ2v) is 3.81. The van der Waals surface area contributed by atoms with Crippen LogP contribution in [-0.4, -0.2) is 18.6 Å². The van der Waals surface area contributed by atoms with Gasteiger partial charge in [0.25, 0.3) is 5.91 Å². The molecule has 0 aromatic heterocycles. The van der Waals surface area contributed by atoms with Crippen molar-refractivity contribution in [3.05, 3.63) is 23.8 Å². The molecule has 0 bridgehead atoms. The Hall–Kier alpha value is -2.02. The average Bonchev–Trinajstić information content (AvgIpc) is 2.24. The minimum atomic E-state index is -0.525. The third-order valence-electron chi connectivity index (χ3n) is 2.55. The van der Waals surface area contributed by atoms with Crippen LogP contribution in [0.1, 0.15) is 12.5 Å². The van der Waals surface area contributed by atoms with E-state index in [1.54, 1.807) is 6.92 Å². The normalized spacial score (nSPS) is 18.7. The second-order valence-electron chi connectivity index (χ2n) is 3.81. The highest BCUT2D eigenvalue weighted by Gasteiger charge is 2.31. The van der Waals surface area contributed by atoms with E-state index in [0.29, 0.717) is 11.4 Å². The Labute approximate surface area is 94.0 Å². The van der Waals surface area contributed by atoms with E-state index in [2.05, 4.69) is 0 Å². The molecule has 0 N–H and O–H groups in total. The van der Waals surface area contributed by atoms with Gasteiger partial charge in [0.1, 0.15) is 12.3 Å². The molecule has 1 unspecified atom stereocenters. The van der Waals surface area contributed by atoms with Gasteiger partial charge in [0, 0.05) is 0 Å². The van der Waals surface area contributed by atoms with Crippen LogP contribution in [0.3, 0.4) is 0 Å². The number of fused-ring (bicyclic) bond motifs is 1. The van der Waals surface area contributed by atoms with Gasteiger partial charge in [-0.1, -0.05) is 6.07 Å². The topological polar surface area (TPSA) is 53.3 Å². The van der Waals surface area contributed by atoms with Crippen molar-refractivity contribution < 1.29 is 9.53 Å². The highest BCUT2D eigenvalue weighted by atomic mass is 16.5. The van der Waals surface area contributed by atoms with Crippen molar-refractivity contribution in [1.29, 1.82) is 5.26 Å². The summed E-state index contributed by atoms with van der Waals surface area (Å²) in [4.78, 5) is 13.3. The van der Waals surface area contributed by atoms with Crippen LogP contribution >= 0.6 is 0 Å². The van der Waals surface area contributed by atoms with E-state index < -0.39 is 6.10 Å². The quantitative estimate of drug-likeness (QED) is 0.670. The van der Waals surface area contributed by atoms with Gasteiger partial charge in [0.05, 0.1) is 11.8 Å². The summed E-state index contributed by atoms with van der Waals surface area (Å²) in [6.07, 6.45) is -0.525. The van der Waals surface area contributed by atoms with Crippen molar-refractivity contribution in [3.63, 3.8) is 0 Å². The molecule has 82 valence electrons. The number of aryl methyl sites for hydroxylation is 1. The summed E-state index contributed by atoms with van der Waals surface area (Å²) in [5.74, 6) is 0.500. The van der Waals surface area contributed by atoms with E-state index in [-0.39, 0.29) is 12.5 Å². The third-order valence-corrected chi connectivity index (χ3v) is 2.55. The van der Waals surface area contributed by atoms with E-state index in [9.17, 15) is 4.79 Å². The zero-order valence-electron chi connectivity index (χ0n) is 9.23. The summed E-state index contributed by atoms with van der Waals surface area (Å²) in [5, 5.41) is 8.72. The molecule has 0 radical (unpaired) electrons. The number of nitriles is 1. The average molecular weight is 216 g/mol. The lowest BCUT2D eigenvalue weighted by Gasteiger charge is -2.31. The molecule has 4 heteroatoms. The number of hydrogen-bond acceptors (Lipinski definition) is 3. The van der Waals surface area contributed by atoms with Gasteiger partial charge >= 0.3 is 0 Å². The van der Waals surface area contributed by atoms with Crippen LogP contribution in [0.2, 0.25) is 0 Å². The van der Waals surface area contributed by atoms with Crippen LogP contribution in [0.15, 0.2) is 18.2 Å². The molecule has 1 aliphatic heterocycles. The number of carbonyl (C=O) groups excluding carboxylic acids is 1. The Kier molecular flexibility index (Phi) is 2.53. The highest BCUT2D eigenvalue weighted by molar-refractivity contribution is 6.00. The number of ether oxygens (including phenoxy) is 1. The molecule has 16 heavy (non-hydrogen) atoms. The van der Waals surface area contributed by atoms with E-state index >= 15 is 0 Å². The van der Waals surface area contributed by atoms with Crippen molar-refractivity contribution >= 4 is 11.6 Å². The Morgan fingerprint density at radius 3 is 3.00 bits per heavy atom. The molecule has 1 amide bonds. The molecule has 4 nitrogen and oxygen atoms in total. The highest BCUT2D eigenvalue weighted by Crippen LogP contribution is 2.34. The SMILES string of the molecule is Cc1ccc2c(c1)OC(C)C(=O)N2CC#N. The minimum absolute atomic E-state index is 0.0581. The van der Waals surface area contributed by atoms with Gasteiger partial charge in [-0.15, -0.1) is 0 Å². The Morgan fingerprint density at radius 2 is 2.31 bits per heavy atom. The van der Waals surface area contributed by atoms with Gasteiger partial charge in [-0.05, 0) is 31.5 Å². The fourth-order valence-corrected chi connectivity index (χ4v) is 1.75. The Bertz CT molecular complexity index is 476. The summed E-state index contributed by atoms with van der Waals surface area (Å²) >= 11 is 0. The van der Waals surface area contributed by atoms with Crippen LogP contribution in [0.5, 0.6) is 5.75 Å². The van der Waals surface area contributed by atoms with Crippen molar-refractivity contribution in [2.75, 3.05) is 11.4 Å². The monoisotopic (exact) mass is 216 g/mol. The van der Waals surface area contributed by atoms with Gasteiger partial charge < -0.3 is 4.74 Å². The molecule has 0 spiro atoms. The standard InChI is InChI=1S/C12H12N2O2/c1-8-3-4-10-11(7-8)16-9(2)12(15)14(10)6-5-13/h3-4,7,9H,6H2,1-2H3. The molecular weight excluding hydrogens is 204 g/mol. The number of hydrogen-bond donors (Lipinski definition) is 0. The van der Waals surface area contributed by atoms with Gasteiger partial charge in [-0.3, -0.25) is 9.69 Å². The smallest absolute Gasteiger partial charge is 0.268 e. The Balaban J connectivity index is 2.48. The number of amides is 1. The van der Waals surface area contributed by atoms with E-state index in [0.717, 1.165) is 5.56 Å². The van der Waals surface area contributed by atoms with Gasteiger partial charge in [0.2, 0.25) is 0 Å². The maximum absolute atomic E-state index is 11.8. The minimum Gasteiger partial charge on any atom is -0.479 e. The third kappa shape index (κ3) is 1.61. The number of carbonyl (C=O) groups is 1. The summed E-state index contributed by atoms with van der Waals surface area (Å²) in [6, 6.07) is 7.58. The number of rotatable bonds is 1. The van der Waals surface area contributed by atoms with Crippen molar-refractivity contribution in [3.8, 4) is 11.8 Å². The fraction of sp³-hybridized carbons (Fsp3) is 0.333. The molecule has 1 aromatic rings. The lowest BCUT2D eigenvalue weighted by atomic mass is 10.1. The molecule has 1 aromatic carbocycles. The van der Waals surface area contributed by atoms with Gasteiger partial charge in [-0.2, -0.15) is 5.26 Å². The number of nitrogens with zero attached hydrogens (tertiary/aromatic N) is 2. The van der Waals surface area contributed by atoms with Crippen molar-refractivity contribution in [1.82, 2.24) is 0 Å². The fourth-order valence-electron chi connectivity index (χ4n) is 1.75. The first-order valence-electron chi connectivity index (χ1n) is 5.09. The van der Waals surface area contributed by atoms with Crippen molar-refractivity contribution in [2.24, 2.45) is 0 Å². The predicted octanol–water partition coefficient (Wildman–Crippen LogP) is 1.63. The zero-order chi connectivity index (χ0) is 11.7. The van der Waals surface area contributed by atoms with Crippen LogP contribution < -0.4 is 9.64 Å². The van der Waals surface area contributed by atoms with Gasteiger partial charge in [-0.25, -0.2) is 0 Å². The first kappa shape index (κ1) is 10.5.